The van der Waals surface area contributed by atoms with Gasteiger partial charge in [0.15, 0.2) is 0 Å². The Kier molecular flexibility index (Phi) is 5.81. The van der Waals surface area contributed by atoms with E-state index in [4.69, 9.17) is 0 Å². The maximum atomic E-state index is 12.2. The van der Waals surface area contributed by atoms with Gasteiger partial charge in [0.2, 0.25) is 10.0 Å². The Morgan fingerprint density at radius 2 is 1.80 bits per heavy atom. The van der Waals surface area contributed by atoms with Gasteiger partial charge in [-0.15, -0.1) is 0 Å². The summed E-state index contributed by atoms with van der Waals surface area (Å²) in [5, 5.41) is 0. The predicted molar refractivity (Wildman–Crippen MR) is 87.9 cm³/mol. The number of nitrogens with one attached hydrogen (secondary N) is 1. The van der Waals surface area contributed by atoms with Crippen LogP contribution in [0.1, 0.15) is 38.3 Å². The van der Waals surface area contributed by atoms with Gasteiger partial charge in [0.1, 0.15) is 0 Å². The first-order valence-corrected chi connectivity index (χ1v) is 9.12. The van der Waals surface area contributed by atoms with Crippen molar-refractivity contribution in [2.24, 2.45) is 5.41 Å². The summed E-state index contributed by atoms with van der Waals surface area (Å²) in [5.74, 6) is 0. The van der Waals surface area contributed by atoms with E-state index in [1.165, 1.54) is 0 Å². The van der Waals surface area contributed by atoms with Crippen molar-refractivity contribution in [1.29, 1.82) is 0 Å². The molecule has 0 heterocycles. The van der Waals surface area contributed by atoms with E-state index in [1.807, 2.05) is 19.9 Å². The summed E-state index contributed by atoms with van der Waals surface area (Å²) in [6.45, 7) is 10.7. The summed E-state index contributed by atoms with van der Waals surface area (Å²) < 4.78 is 27.1. The van der Waals surface area contributed by atoms with Crippen molar-refractivity contribution in [3.05, 3.63) is 29.3 Å². The second kappa shape index (κ2) is 6.58. The van der Waals surface area contributed by atoms with Crippen LogP contribution in [0.4, 0.5) is 0 Å². The standard InChI is InChI=1S/C15H24BrNO2S/c1-11-6-7-14(8-12(11)2)20(18,19)17-10-13(16)9-15(3,4)5/h6-8,13,17H,9-10H2,1-5H3. The van der Waals surface area contributed by atoms with Gasteiger partial charge >= 0.3 is 0 Å². The molecular weight excluding hydrogens is 338 g/mol. The third-order valence-electron chi connectivity index (χ3n) is 3.12. The third-order valence-corrected chi connectivity index (χ3v) is 5.19. The first kappa shape index (κ1) is 17.7. The lowest BCUT2D eigenvalue weighted by atomic mass is 9.91. The fraction of sp³-hybridized carbons (Fsp3) is 0.600. The highest BCUT2D eigenvalue weighted by molar-refractivity contribution is 9.09. The molecule has 0 radical (unpaired) electrons. The zero-order chi connectivity index (χ0) is 15.6. The first-order chi connectivity index (χ1) is 9.01. The second-order valence-electron chi connectivity index (χ2n) is 6.46. The molecular formula is C15H24BrNO2S. The molecule has 0 aliphatic rings. The van der Waals surface area contributed by atoms with Gasteiger partial charge in [0, 0.05) is 11.4 Å². The molecule has 1 atom stereocenters. The normalized spacial score (nSPS) is 14.3. The van der Waals surface area contributed by atoms with Crippen LogP contribution < -0.4 is 4.72 Å². The molecule has 0 aliphatic carbocycles. The van der Waals surface area contributed by atoms with Crippen molar-refractivity contribution in [3.63, 3.8) is 0 Å². The number of rotatable bonds is 5. The molecule has 0 fully saturated rings. The number of alkyl halides is 1. The zero-order valence-electron chi connectivity index (χ0n) is 12.8. The maximum Gasteiger partial charge on any atom is 0.240 e. The quantitative estimate of drug-likeness (QED) is 0.811. The Morgan fingerprint density at radius 1 is 1.20 bits per heavy atom. The van der Waals surface area contributed by atoms with Gasteiger partial charge < -0.3 is 0 Å². The van der Waals surface area contributed by atoms with Gasteiger partial charge in [-0.3, -0.25) is 0 Å². The molecule has 1 aromatic carbocycles. The SMILES string of the molecule is Cc1ccc(S(=O)(=O)NCC(Br)CC(C)(C)C)cc1C. The smallest absolute Gasteiger partial charge is 0.210 e. The Hall–Kier alpha value is -0.390. The van der Waals surface area contributed by atoms with Gasteiger partial charge in [0.25, 0.3) is 0 Å². The monoisotopic (exact) mass is 361 g/mol. The molecule has 0 aliphatic heterocycles. The predicted octanol–water partition coefficient (Wildman–Crippen LogP) is 3.78. The molecule has 1 aromatic rings. The minimum absolute atomic E-state index is 0.129. The highest BCUT2D eigenvalue weighted by atomic mass is 79.9. The van der Waals surface area contributed by atoms with Gasteiger partial charge in [-0.1, -0.05) is 42.8 Å². The second-order valence-corrected chi connectivity index (χ2v) is 9.52. The van der Waals surface area contributed by atoms with E-state index in [2.05, 4.69) is 41.4 Å². The maximum absolute atomic E-state index is 12.2. The number of sulfonamides is 1. The van der Waals surface area contributed by atoms with Crippen LogP contribution in [0.3, 0.4) is 0 Å². The van der Waals surface area contributed by atoms with Crippen molar-refractivity contribution in [1.82, 2.24) is 4.72 Å². The van der Waals surface area contributed by atoms with Crippen molar-refractivity contribution in [2.75, 3.05) is 6.54 Å². The van der Waals surface area contributed by atoms with E-state index >= 15 is 0 Å². The molecule has 114 valence electrons. The van der Waals surface area contributed by atoms with Gasteiger partial charge in [-0.05, 0) is 48.9 Å². The van der Waals surface area contributed by atoms with Crippen LogP contribution in [0.2, 0.25) is 0 Å². The first-order valence-electron chi connectivity index (χ1n) is 6.72. The van der Waals surface area contributed by atoms with Crippen LogP contribution in [0.5, 0.6) is 0 Å². The largest absolute Gasteiger partial charge is 0.240 e. The van der Waals surface area contributed by atoms with Crippen molar-refractivity contribution < 1.29 is 8.42 Å². The molecule has 0 spiro atoms. The van der Waals surface area contributed by atoms with Crippen LogP contribution in [-0.4, -0.2) is 19.8 Å². The zero-order valence-corrected chi connectivity index (χ0v) is 15.2. The van der Waals surface area contributed by atoms with E-state index in [0.717, 1.165) is 17.5 Å². The van der Waals surface area contributed by atoms with E-state index in [0.29, 0.717) is 11.4 Å². The minimum atomic E-state index is -3.43. The average Bonchev–Trinajstić information content (AvgIpc) is 2.28. The van der Waals surface area contributed by atoms with E-state index < -0.39 is 10.0 Å². The summed E-state index contributed by atoms with van der Waals surface area (Å²) >= 11 is 3.54. The van der Waals surface area contributed by atoms with Crippen molar-refractivity contribution >= 4 is 26.0 Å². The molecule has 3 nitrogen and oxygen atoms in total. The Labute approximate surface area is 131 Å². The molecule has 1 N–H and O–H groups in total. The summed E-state index contributed by atoms with van der Waals surface area (Å²) in [6.07, 6.45) is 0.905. The summed E-state index contributed by atoms with van der Waals surface area (Å²) in [5.41, 5.74) is 2.24. The lowest BCUT2D eigenvalue weighted by Gasteiger charge is -2.22. The van der Waals surface area contributed by atoms with Crippen LogP contribution in [0, 0.1) is 19.3 Å². The highest BCUT2D eigenvalue weighted by Crippen LogP contribution is 2.24. The Balaban J connectivity index is 2.73. The summed E-state index contributed by atoms with van der Waals surface area (Å²) in [6, 6.07) is 5.20. The Bertz CT molecular complexity index is 562. The van der Waals surface area contributed by atoms with Crippen molar-refractivity contribution in [2.45, 2.75) is 50.8 Å². The van der Waals surface area contributed by atoms with E-state index in [1.54, 1.807) is 12.1 Å². The number of halogens is 1. The molecule has 0 aromatic heterocycles. The molecule has 1 rings (SSSR count). The highest BCUT2D eigenvalue weighted by Gasteiger charge is 2.20. The van der Waals surface area contributed by atoms with Crippen LogP contribution in [0.15, 0.2) is 23.1 Å². The van der Waals surface area contributed by atoms with Gasteiger partial charge in [0.05, 0.1) is 4.90 Å². The molecule has 0 saturated carbocycles. The van der Waals surface area contributed by atoms with Crippen LogP contribution >= 0.6 is 15.9 Å². The fourth-order valence-corrected chi connectivity index (χ4v) is 4.41. The number of hydrogen-bond acceptors (Lipinski definition) is 2. The lowest BCUT2D eigenvalue weighted by Crippen LogP contribution is -2.31. The molecule has 0 amide bonds. The fourth-order valence-electron chi connectivity index (χ4n) is 1.90. The van der Waals surface area contributed by atoms with Gasteiger partial charge in [-0.2, -0.15) is 0 Å². The number of aryl methyl sites for hydroxylation is 2. The van der Waals surface area contributed by atoms with Crippen LogP contribution in [-0.2, 0) is 10.0 Å². The number of benzene rings is 1. The minimum Gasteiger partial charge on any atom is -0.210 e. The molecule has 1 unspecified atom stereocenters. The molecule has 5 heteroatoms. The molecule has 0 saturated heterocycles. The van der Waals surface area contributed by atoms with E-state index in [-0.39, 0.29) is 10.2 Å². The topological polar surface area (TPSA) is 46.2 Å². The van der Waals surface area contributed by atoms with E-state index in [9.17, 15) is 8.42 Å². The summed E-state index contributed by atoms with van der Waals surface area (Å²) in [4.78, 5) is 0.458. The molecule has 0 bridgehead atoms. The Morgan fingerprint density at radius 3 is 2.30 bits per heavy atom. The van der Waals surface area contributed by atoms with Crippen LogP contribution in [0.25, 0.3) is 0 Å². The lowest BCUT2D eigenvalue weighted by molar-refractivity contribution is 0.373. The van der Waals surface area contributed by atoms with Gasteiger partial charge in [-0.25, -0.2) is 13.1 Å². The molecule has 20 heavy (non-hydrogen) atoms. The van der Waals surface area contributed by atoms with Crippen molar-refractivity contribution in [3.8, 4) is 0 Å². The average molecular weight is 362 g/mol. The number of hydrogen-bond donors (Lipinski definition) is 1. The third kappa shape index (κ3) is 5.54. The summed E-state index contributed by atoms with van der Waals surface area (Å²) in [7, 11) is -3.43.